The lowest BCUT2D eigenvalue weighted by molar-refractivity contribution is -0.161. The Kier molecular flexibility index (Phi) is 3.83. The van der Waals surface area contributed by atoms with Crippen molar-refractivity contribution in [3.8, 4) is 0 Å². The quantitative estimate of drug-likeness (QED) is 0.692. The second-order valence-electron chi connectivity index (χ2n) is 3.68. The molecule has 3 N–H and O–H groups in total. The molecule has 0 unspecified atom stereocenters. The van der Waals surface area contributed by atoms with Crippen molar-refractivity contribution in [2.45, 2.75) is 28.6 Å². The minimum Gasteiger partial charge on any atom is -0.388 e. The van der Waals surface area contributed by atoms with Gasteiger partial charge in [0.2, 0.25) is 0 Å². The molecule has 1 heterocycles. The van der Waals surface area contributed by atoms with Gasteiger partial charge in [0.1, 0.15) is 23.7 Å². The fourth-order valence-electron chi connectivity index (χ4n) is 1.52. The minimum absolute atomic E-state index is 0.0444. The summed E-state index contributed by atoms with van der Waals surface area (Å²) in [6.45, 7) is 0.0444. The number of hydrogen-bond acceptors (Lipinski definition) is 5. The number of thioether (sulfide) groups is 1. The van der Waals surface area contributed by atoms with Gasteiger partial charge in [0.25, 0.3) is 0 Å². The number of benzene rings is 1. The van der Waals surface area contributed by atoms with Gasteiger partial charge in [0, 0.05) is 4.90 Å². The number of ether oxygens (including phenoxy) is 1. The first kappa shape index (κ1) is 11.9. The summed E-state index contributed by atoms with van der Waals surface area (Å²) in [4.78, 5) is 0.954. The first-order valence-electron chi connectivity index (χ1n) is 5.06. The second kappa shape index (κ2) is 5.16. The molecule has 1 aromatic rings. The third kappa shape index (κ3) is 2.56. The van der Waals surface area contributed by atoms with E-state index in [0.29, 0.717) is 0 Å². The first-order chi connectivity index (χ1) is 7.68. The summed E-state index contributed by atoms with van der Waals surface area (Å²) in [5, 5.41) is 28.5. The fourth-order valence-corrected chi connectivity index (χ4v) is 2.55. The molecular formula is C11H14O4S. The Morgan fingerprint density at radius 3 is 2.44 bits per heavy atom. The molecule has 0 spiro atoms. The Bertz CT molecular complexity index is 332. The van der Waals surface area contributed by atoms with Crippen LogP contribution >= 0.6 is 11.8 Å². The number of aliphatic hydroxyl groups excluding tert-OH is 3. The highest BCUT2D eigenvalue weighted by molar-refractivity contribution is 7.99. The van der Waals surface area contributed by atoms with Crippen molar-refractivity contribution in [1.82, 2.24) is 0 Å². The molecule has 4 nitrogen and oxygen atoms in total. The number of aliphatic hydroxyl groups is 3. The fraction of sp³-hybridized carbons (Fsp3) is 0.455. The van der Waals surface area contributed by atoms with Gasteiger partial charge in [-0.1, -0.05) is 30.0 Å². The Balaban J connectivity index is 2.00. The lowest BCUT2D eigenvalue weighted by atomic mass is 10.1. The van der Waals surface area contributed by atoms with Crippen LogP contribution in [0.3, 0.4) is 0 Å². The summed E-state index contributed by atoms with van der Waals surface area (Å²) >= 11 is 1.34. The van der Waals surface area contributed by atoms with E-state index < -0.39 is 23.7 Å². The van der Waals surface area contributed by atoms with Crippen molar-refractivity contribution in [2.75, 3.05) is 6.61 Å². The molecule has 0 aliphatic carbocycles. The largest absolute Gasteiger partial charge is 0.388 e. The van der Waals surface area contributed by atoms with Crippen LogP contribution < -0.4 is 0 Å². The zero-order chi connectivity index (χ0) is 11.5. The van der Waals surface area contributed by atoms with Gasteiger partial charge in [-0.2, -0.15) is 0 Å². The summed E-state index contributed by atoms with van der Waals surface area (Å²) in [5.74, 6) is 0. The third-order valence-corrected chi connectivity index (χ3v) is 3.64. The molecule has 88 valence electrons. The highest BCUT2D eigenvalue weighted by atomic mass is 32.2. The van der Waals surface area contributed by atoms with Crippen molar-refractivity contribution in [2.24, 2.45) is 0 Å². The van der Waals surface area contributed by atoms with E-state index in [1.807, 2.05) is 30.3 Å². The molecular weight excluding hydrogens is 228 g/mol. The summed E-state index contributed by atoms with van der Waals surface area (Å²) in [6, 6.07) is 9.49. The van der Waals surface area contributed by atoms with Crippen LogP contribution in [0.4, 0.5) is 0 Å². The molecule has 1 fully saturated rings. The van der Waals surface area contributed by atoms with Crippen molar-refractivity contribution >= 4 is 11.8 Å². The Morgan fingerprint density at radius 2 is 1.75 bits per heavy atom. The second-order valence-corrected chi connectivity index (χ2v) is 4.85. The van der Waals surface area contributed by atoms with Gasteiger partial charge in [-0.15, -0.1) is 0 Å². The van der Waals surface area contributed by atoms with Gasteiger partial charge < -0.3 is 20.1 Å². The summed E-state index contributed by atoms with van der Waals surface area (Å²) in [7, 11) is 0. The van der Waals surface area contributed by atoms with E-state index in [1.165, 1.54) is 11.8 Å². The average Bonchev–Trinajstić information content (AvgIpc) is 2.31. The molecule has 0 radical (unpaired) electrons. The highest BCUT2D eigenvalue weighted by Gasteiger charge is 2.37. The van der Waals surface area contributed by atoms with E-state index >= 15 is 0 Å². The van der Waals surface area contributed by atoms with Gasteiger partial charge in [-0.25, -0.2) is 0 Å². The van der Waals surface area contributed by atoms with Gasteiger partial charge >= 0.3 is 0 Å². The molecule has 2 rings (SSSR count). The number of hydrogen-bond donors (Lipinski definition) is 3. The van der Waals surface area contributed by atoms with E-state index in [4.69, 9.17) is 4.74 Å². The predicted molar refractivity (Wildman–Crippen MR) is 60.1 cm³/mol. The van der Waals surface area contributed by atoms with E-state index in [1.54, 1.807) is 0 Å². The molecule has 1 saturated heterocycles. The van der Waals surface area contributed by atoms with E-state index in [9.17, 15) is 15.3 Å². The molecule has 16 heavy (non-hydrogen) atoms. The summed E-state index contributed by atoms with van der Waals surface area (Å²) in [5.41, 5.74) is -0.541. The highest BCUT2D eigenvalue weighted by Crippen LogP contribution is 2.30. The van der Waals surface area contributed by atoms with Crippen LogP contribution in [0.1, 0.15) is 0 Å². The van der Waals surface area contributed by atoms with Gasteiger partial charge in [-0.3, -0.25) is 0 Å². The monoisotopic (exact) mass is 242 g/mol. The minimum atomic E-state index is -1.14. The molecule has 1 aromatic carbocycles. The normalized spacial score (nSPS) is 34.9. The molecule has 1 aliphatic heterocycles. The SMILES string of the molecule is O[C@@H]1[C@H](O)[C@@H](Sc2ccccc2)OC[C@H]1O. The Hall–Kier alpha value is -0.590. The lowest BCUT2D eigenvalue weighted by Crippen LogP contribution is -2.51. The van der Waals surface area contributed by atoms with Crippen LogP contribution in [0, 0.1) is 0 Å². The van der Waals surface area contributed by atoms with E-state index in [2.05, 4.69) is 0 Å². The van der Waals surface area contributed by atoms with Crippen molar-refractivity contribution in [3.63, 3.8) is 0 Å². The molecule has 0 aromatic heterocycles. The molecule has 4 atom stereocenters. The van der Waals surface area contributed by atoms with E-state index in [-0.39, 0.29) is 6.61 Å². The lowest BCUT2D eigenvalue weighted by Gasteiger charge is -2.34. The molecule has 0 bridgehead atoms. The third-order valence-electron chi connectivity index (χ3n) is 2.45. The maximum Gasteiger partial charge on any atom is 0.136 e. The smallest absolute Gasteiger partial charge is 0.136 e. The molecule has 0 saturated carbocycles. The predicted octanol–water partition coefficient (Wildman–Crippen LogP) is 0.218. The van der Waals surface area contributed by atoms with Gasteiger partial charge in [-0.05, 0) is 12.1 Å². The number of rotatable bonds is 2. The zero-order valence-electron chi connectivity index (χ0n) is 8.56. The van der Waals surface area contributed by atoms with Crippen LogP contribution in [-0.4, -0.2) is 45.7 Å². The van der Waals surface area contributed by atoms with Crippen molar-refractivity contribution in [3.05, 3.63) is 30.3 Å². The molecule has 5 heteroatoms. The molecule has 1 aliphatic rings. The van der Waals surface area contributed by atoms with E-state index in [0.717, 1.165) is 4.90 Å². The standard InChI is InChI=1S/C11H14O4S/c12-8-6-15-11(10(14)9(8)13)16-7-4-2-1-3-5-7/h1-5,8-14H,6H2/t8-,9+,10+,11-/m1/s1. The van der Waals surface area contributed by atoms with Crippen LogP contribution in [0.5, 0.6) is 0 Å². The van der Waals surface area contributed by atoms with Crippen LogP contribution in [0.15, 0.2) is 35.2 Å². The van der Waals surface area contributed by atoms with Crippen LogP contribution in [0.25, 0.3) is 0 Å². The van der Waals surface area contributed by atoms with Crippen molar-refractivity contribution < 1.29 is 20.1 Å². The summed E-state index contributed by atoms with van der Waals surface area (Å²) < 4.78 is 5.28. The molecule has 0 amide bonds. The van der Waals surface area contributed by atoms with Crippen molar-refractivity contribution in [1.29, 1.82) is 0 Å². The maximum absolute atomic E-state index is 9.71. The van der Waals surface area contributed by atoms with Gasteiger partial charge in [0.15, 0.2) is 0 Å². The first-order valence-corrected chi connectivity index (χ1v) is 5.94. The van der Waals surface area contributed by atoms with Gasteiger partial charge in [0.05, 0.1) is 6.61 Å². The summed E-state index contributed by atoms with van der Waals surface area (Å²) in [6.07, 6.45) is -3.23. The zero-order valence-corrected chi connectivity index (χ0v) is 9.38. The maximum atomic E-state index is 9.71. The Morgan fingerprint density at radius 1 is 1.06 bits per heavy atom. The van der Waals surface area contributed by atoms with Crippen LogP contribution in [-0.2, 0) is 4.74 Å². The topological polar surface area (TPSA) is 69.9 Å². The Labute approximate surface area is 97.9 Å². The average molecular weight is 242 g/mol. The van der Waals surface area contributed by atoms with Crippen LogP contribution in [0.2, 0.25) is 0 Å².